The van der Waals surface area contributed by atoms with Gasteiger partial charge in [0.05, 0.1) is 5.69 Å². The molecule has 1 fully saturated rings. The SMILES string of the molecule is Cc1ccc(N)c(NCC2CCN(C(C)C)C2)n1. The Hall–Kier alpha value is -1.29. The van der Waals surface area contributed by atoms with Crippen LogP contribution in [0, 0.1) is 12.8 Å². The molecule has 0 aromatic carbocycles. The summed E-state index contributed by atoms with van der Waals surface area (Å²) in [5, 5.41) is 3.39. The topological polar surface area (TPSA) is 54.2 Å². The van der Waals surface area contributed by atoms with Crippen molar-refractivity contribution < 1.29 is 0 Å². The molecular weight excluding hydrogens is 224 g/mol. The van der Waals surface area contributed by atoms with E-state index in [4.69, 9.17) is 5.73 Å². The highest BCUT2D eigenvalue weighted by atomic mass is 15.2. The Morgan fingerprint density at radius 1 is 1.50 bits per heavy atom. The monoisotopic (exact) mass is 248 g/mol. The van der Waals surface area contributed by atoms with Crippen LogP contribution >= 0.6 is 0 Å². The van der Waals surface area contributed by atoms with Crippen LogP contribution in [0.2, 0.25) is 0 Å². The van der Waals surface area contributed by atoms with Gasteiger partial charge in [0.1, 0.15) is 5.82 Å². The molecule has 1 saturated heterocycles. The number of anilines is 2. The number of aromatic nitrogens is 1. The normalized spacial score (nSPS) is 20.6. The first-order valence-corrected chi connectivity index (χ1v) is 6.77. The van der Waals surface area contributed by atoms with Crippen molar-refractivity contribution in [3.63, 3.8) is 0 Å². The van der Waals surface area contributed by atoms with Gasteiger partial charge in [0.25, 0.3) is 0 Å². The molecule has 0 spiro atoms. The zero-order chi connectivity index (χ0) is 13.1. The summed E-state index contributed by atoms with van der Waals surface area (Å²) >= 11 is 0. The molecule has 2 heterocycles. The summed E-state index contributed by atoms with van der Waals surface area (Å²) in [5.74, 6) is 1.53. The fraction of sp³-hybridized carbons (Fsp3) is 0.643. The number of nitrogens with two attached hydrogens (primary N) is 1. The predicted octanol–water partition coefficient (Wildman–Crippen LogP) is 2.11. The van der Waals surface area contributed by atoms with Crippen LogP contribution in [0.1, 0.15) is 26.0 Å². The molecule has 100 valence electrons. The summed E-state index contributed by atoms with van der Waals surface area (Å²) in [6.07, 6.45) is 1.26. The molecule has 2 rings (SSSR count). The standard InChI is InChI=1S/C14H24N4/c1-10(2)18-7-6-12(9-18)8-16-14-13(15)5-4-11(3)17-14/h4-5,10,12H,6-9,15H2,1-3H3,(H,16,17). The molecule has 3 N–H and O–H groups in total. The number of pyridine rings is 1. The van der Waals surface area contributed by atoms with Crippen molar-refractivity contribution in [1.29, 1.82) is 0 Å². The third-order valence-electron chi connectivity index (χ3n) is 3.67. The van der Waals surface area contributed by atoms with Crippen LogP contribution in [0.4, 0.5) is 11.5 Å². The quantitative estimate of drug-likeness (QED) is 0.857. The maximum Gasteiger partial charge on any atom is 0.149 e. The van der Waals surface area contributed by atoms with Crippen molar-refractivity contribution >= 4 is 11.5 Å². The molecule has 0 amide bonds. The van der Waals surface area contributed by atoms with Crippen LogP contribution < -0.4 is 11.1 Å². The van der Waals surface area contributed by atoms with E-state index in [1.807, 2.05) is 19.1 Å². The van der Waals surface area contributed by atoms with Gasteiger partial charge in [-0.3, -0.25) is 0 Å². The fourth-order valence-electron chi connectivity index (χ4n) is 2.45. The van der Waals surface area contributed by atoms with E-state index in [2.05, 4.69) is 29.0 Å². The van der Waals surface area contributed by atoms with E-state index in [1.165, 1.54) is 19.5 Å². The molecule has 1 aromatic rings. The summed E-state index contributed by atoms with van der Waals surface area (Å²) in [5.41, 5.74) is 7.65. The Labute approximate surface area is 110 Å². The number of nitrogens with zero attached hydrogens (tertiary/aromatic N) is 2. The van der Waals surface area contributed by atoms with E-state index >= 15 is 0 Å². The molecule has 1 unspecified atom stereocenters. The summed E-state index contributed by atoms with van der Waals surface area (Å²) in [6, 6.07) is 4.51. The van der Waals surface area contributed by atoms with Crippen LogP contribution in [0.5, 0.6) is 0 Å². The van der Waals surface area contributed by atoms with Crippen molar-refractivity contribution in [1.82, 2.24) is 9.88 Å². The summed E-state index contributed by atoms with van der Waals surface area (Å²) in [6.45, 7) is 9.85. The van der Waals surface area contributed by atoms with Gasteiger partial charge in [-0.2, -0.15) is 0 Å². The van der Waals surface area contributed by atoms with Gasteiger partial charge < -0.3 is 16.0 Å². The van der Waals surface area contributed by atoms with Gasteiger partial charge in [0.2, 0.25) is 0 Å². The second-order valence-corrected chi connectivity index (χ2v) is 5.51. The van der Waals surface area contributed by atoms with Crippen LogP contribution in [0.25, 0.3) is 0 Å². The first kappa shape index (κ1) is 13.1. The molecule has 1 atom stereocenters. The Morgan fingerprint density at radius 3 is 2.94 bits per heavy atom. The van der Waals surface area contributed by atoms with Crippen LogP contribution in [0.15, 0.2) is 12.1 Å². The number of likely N-dealkylation sites (tertiary alicyclic amines) is 1. The van der Waals surface area contributed by atoms with Gasteiger partial charge >= 0.3 is 0 Å². The lowest BCUT2D eigenvalue weighted by Crippen LogP contribution is -2.29. The molecule has 1 aromatic heterocycles. The second-order valence-electron chi connectivity index (χ2n) is 5.51. The van der Waals surface area contributed by atoms with Crippen LogP contribution in [-0.4, -0.2) is 35.6 Å². The van der Waals surface area contributed by atoms with E-state index in [0.29, 0.717) is 12.0 Å². The van der Waals surface area contributed by atoms with Gasteiger partial charge in [-0.05, 0) is 51.8 Å². The van der Waals surface area contributed by atoms with Gasteiger partial charge in [-0.1, -0.05) is 0 Å². The van der Waals surface area contributed by atoms with E-state index in [0.717, 1.165) is 23.7 Å². The Kier molecular flexibility index (Phi) is 4.07. The number of nitrogens with one attached hydrogen (secondary N) is 1. The zero-order valence-corrected chi connectivity index (χ0v) is 11.6. The van der Waals surface area contributed by atoms with Crippen molar-refractivity contribution in [2.45, 2.75) is 33.2 Å². The third kappa shape index (κ3) is 3.13. The lowest BCUT2D eigenvalue weighted by Gasteiger charge is -2.20. The number of nitrogen functional groups attached to an aromatic ring is 1. The minimum absolute atomic E-state index is 0.650. The molecule has 0 saturated carbocycles. The number of rotatable bonds is 4. The molecular formula is C14H24N4. The maximum absolute atomic E-state index is 5.91. The highest BCUT2D eigenvalue weighted by Crippen LogP contribution is 2.21. The Morgan fingerprint density at radius 2 is 2.28 bits per heavy atom. The zero-order valence-electron chi connectivity index (χ0n) is 11.6. The molecule has 4 nitrogen and oxygen atoms in total. The van der Waals surface area contributed by atoms with E-state index < -0.39 is 0 Å². The Balaban J connectivity index is 1.87. The van der Waals surface area contributed by atoms with E-state index in [-0.39, 0.29) is 0 Å². The minimum Gasteiger partial charge on any atom is -0.396 e. The first-order chi connectivity index (χ1) is 8.56. The van der Waals surface area contributed by atoms with Crippen LogP contribution in [-0.2, 0) is 0 Å². The minimum atomic E-state index is 0.650. The van der Waals surface area contributed by atoms with E-state index in [9.17, 15) is 0 Å². The van der Waals surface area contributed by atoms with Gasteiger partial charge in [-0.25, -0.2) is 4.98 Å². The molecule has 1 aliphatic heterocycles. The molecule has 0 aliphatic carbocycles. The highest BCUT2D eigenvalue weighted by molar-refractivity contribution is 5.61. The number of hydrogen-bond donors (Lipinski definition) is 2. The van der Waals surface area contributed by atoms with Crippen molar-refractivity contribution in [3.8, 4) is 0 Å². The average Bonchev–Trinajstić information content (AvgIpc) is 2.79. The predicted molar refractivity (Wildman–Crippen MR) is 76.7 cm³/mol. The van der Waals surface area contributed by atoms with Gasteiger partial charge in [0, 0.05) is 24.8 Å². The molecule has 0 bridgehead atoms. The molecule has 1 aliphatic rings. The average molecular weight is 248 g/mol. The maximum atomic E-state index is 5.91. The summed E-state index contributed by atoms with van der Waals surface area (Å²) in [7, 11) is 0. The number of hydrogen-bond acceptors (Lipinski definition) is 4. The van der Waals surface area contributed by atoms with Gasteiger partial charge in [-0.15, -0.1) is 0 Å². The lowest BCUT2D eigenvalue weighted by atomic mass is 10.1. The van der Waals surface area contributed by atoms with Crippen LogP contribution in [0.3, 0.4) is 0 Å². The van der Waals surface area contributed by atoms with Crippen molar-refractivity contribution in [2.24, 2.45) is 5.92 Å². The second kappa shape index (κ2) is 5.57. The van der Waals surface area contributed by atoms with Crippen molar-refractivity contribution in [2.75, 3.05) is 30.7 Å². The van der Waals surface area contributed by atoms with Crippen molar-refractivity contribution in [3.05, 3.63) is 17.8 Å². The van der Waals surface area contributed by atoms with E-state index in [1.54, 1.807) is 0 Å². The largest absolute Gasteiger partial charge is 0.396 e. The fourth-order valence-corrected chi connectivity index (χ4v) is 2.45. The highest BCUT2D eigenvalue weighted by Gasteiger charge is 2.23. The Bertz CT molecular complexity index is 403. The third-order valence-corrected chi connectivity index (χ3v) is 3.67. The number of aryl methyl sites for hydroxylation is 1. The van der Waals surface area contributed by atoms with Gasteiger partial charge in [0.15, 0.2) is 0 Å². The first-order valence-electron chi connectivity index (χ1n) is 6.77. The molecule has 0 radical (unpaired) electrons. The smallest absolute Gasteiger partial charge is 0.149 e. The molecule has 4 heteroatoms. The summed E-state index contributed by atoms with van der Waals surface area (Å²) < 4.78 is 0. The lowest BCUT2D eigenvalue weighted by molar-refractivity contribution is 0.266. The molecule has 18 heavy (non-hydrogen) atoms. The summed E-state index contributed by atoms with van der Waals surface area (Å²) in [4.78, 5) is 6.97.